The maximum absolute atomic E-state index is 14.0. The first-order valence-electron chi connectivity index (χ1n) is 23.1. The Kier molecular flexibility index (Phi) is 15.6. The molecule has 18 heteroatoms. The van der Waals surface area contributed by atoms with E-state index in [0.29, 0.717) is 40.0 Å². The lowest BCUT2D eigenvalue weighted by atomic mass is 9.49. The van der Waals surface area contributed by atoms with Crippen molar-refractivity contribution in [3.05, 3.63) is 112 Å². The zero-order chi connectivity index (χ0) is 50.5. The van der Waals surface area contributed by atoms with Crippen LogP contribution in [0, 0.1) is 34.5 Å². The van der Waals surface area contributed by atoms with Crippen LogP contribution >= 0.6 is 22.9 Å². The van der Waals surface area contributed by atoms with Crippen LogP contribution in [0.5, 0.6) is 5.75 Å². The minimum absolute atomic E-state index is 0.0418. The minimum Gasteiger partial charge on any atom is -0.489 e. The van der Waals surface area contributed by atoms with Crippen LogP contribution in [0.1, 0.15) is 82.2 Å². The summed E-state index contributed by atoms with van der Waals surface area (Å²) in [5, 5.41) is 32.2. The molecule has 368 valence electrons. The molecule has 7 rings (SSSR count). The summed E-state index contributed by atoms with van der Waals surface area (Å²) in [4.78, 5) is 69.7. The van der Waals surface area contributed by atoms with Crippen LogP contribution in [0.4, 0.5) is 5.82 Å². The highest BCUT2D eigenvalue weighted by molar-refractivity contribution is 7.13. The summed E-state index contributed by atoms with van der Waals surface area (Å²) in [5.74, 6) is -0.402. The van der Waals surface area contributed by atoms with Crippen LogP contribution in [0.15, 0.2) is 84.6 Å². The van der Waals surface area contributed by atoms with Crippen molar-refractivity contribution in [2.24, 2.45) is 16.2 Å². The molecule has 0 spiro atoms. The number of nitriles is 1. The van der Waals surface area contributed by atoms with E-state index in [1.165, 1.54) is 16.2 Å². The highest BCUT2D eigenvalue weighted by Gasteiger charge is 2.64. The predicted molar refractivity (Wildman–Crippen MR) is 268 cm³/mol. The van der Waals surface area contributed by atoms with Crippen molar-refractivity contribution in [3.63, 3.8) is 0 Å². The molecule has 1 aliphatic heterocycles. The molecule has 5 aromatic rings. The van der Waals surface area contributed by atoms with Gasteiger partial charge >= 0.3 is 0 Å². The molecule has 4 heterocycles. The molecule has 3 atom stereocenters. The summed E-state index contributed by atoms with van der Waals surface area (Å²) in [6, 6.07) is 19.8. The number of carbonyl (C=O) groups is 4. The van der Waals surface area contributed by atoms with Gasteiger partial charge in [0, 0.05) is 71.5 Å². The van der Waals surface area contributed by atoms with Crippen molar-refractivity contribution >= 4 is 52.4 Å². The van der Waals surface area contributed by atoms with Crippen LogP contribution in [-0.4, -0.2) is 105 Å². The zero-order valence-electron chi connectivity index (χ0n) is 40.6. The Bertz CT molecular complexity index is 2720. The Hall–Kier alpha value is -6.45. The number of ether oxygens (including phenoxy) is 2. The van der Waals surface area contributed by atoms with Gasteiger partial charge in [0.05, 0.1) is 51.6 Å². The molecule has 1 saturated heterocycles. The SMILES string of the molecule is Cc1ncsc1-c1ccc(CNC(=O)[C@@H]2C[C@@H](O)CN2C(=O)[C@@H](NC(=O)COCCNc2ccc(-c3ccc(C(=O)N[C@H]4C(C)(C)[C@H](Oc5ccc(C#N)c(Cl)c5)C4(C)C)cc3)cn2)C(C)(C)C)nc1. The van der Waals surface area contributed by atoms with Crippen molar-refractivity contribution in [2.45, 2.75) is 98.7 Å². The number of hydrogen-bond donors (Lipinski definition) is 5. The minimum atomic E-state index is -0.993. The lowest BCUT2D eigenvalue weighted by Gasteiger charge is -2.63. The van der Waals surface area contributed by atoms with Gasteiger partial charge in [0.2, 0.25) is 17.7 Å². The van der Waals surface area contributed by atoms with Crippen LogP contribution in [0.25, 0.3) is 21.6 Å². The summed E-state index contributed by atoms with van der Waals surface area (Å²) >= 11 is 7.78. The van der Waals surface area contributed by atoms with E-state index in [4.69, 9.17) is 21.1 Å². The third-order valence-electron chi connectivity index (χ3n) is 13.0. The molecule has 2 aromatic carbocycles. The second-order valence-corrected chi connectivity index (χ2v) is 21.3. The third-order valence-corrected chi connectivity index (χ3v) is 14.3. The van der Waals surface area contributed by atoms with Crippen LogP contribution < -0.4 is 26.0 Å². The number of amides is 4. The number of pyridine rings is 2. The molecule has 5 N–H and O–H groups in total. The number of aryl methyl sites for hydroxylation is 1. The van der Waals surface area contributed by atoms with Crippen LogP contribution in [0.2, 0.25) is 5.02 Å². The molecule has 0 unspecified atom stereocenters. The number of aliphatic hydroxyl groups excluding tert-OH is 1. The Morgan fingerprint density at radius 3 is 2.27 bits per heavy atom. The van der Waals surface area contributed by atoms with Crippen molar-refractivity contribution in [2.75, 3.05) is 31.6 Å². The van der Waals surface area contributed by atoms with Gasteiger partial charge in [0.15, 0.2) is 0 Å². The Balaban J connectivity index is 0.839. The number of nitrogens with one attached hydrogen (secondary N) is 4. The highest BCUT2D eigenvalue weighted by atomic mass is 35.5. The van der Waals surface area contributed by atoms with Gasteiger partial charge < -0.3 is 40.7 Å². The molecule has 16 nitrogen and oxygen atoms in total. The van der Waals surface area contributed by atoms with E-state index in [2.05, 4.69) is 70.0 Å². The number of thiazole rings is 1. The van der Waals surface area contributed by atoms with Gasteiger partial charge in [-0.05, 0) is 60.4 Å². The second kappa shape index (κ2) is 21.3. The largest absolute Gasteiger partial charge is 0.489 e. The van der Waals surface area contributed by atoms with Gasteiger partial charge in [0.1, 0.15) is 42.4 Å². The fraction of sp³-hybridized carbons (Fsp3) is 0.423. The van der Waals surface area contributed by atoms with E-state index >= 15 is 0 Å². The molecule has 2 fully saturated rings. The number of nitrogens with zero attached hydrogens (tertiary/aromatic N) is 5. The van der Waals surface area contributed by atoms with Crippen molar-refractivity contribution in [3.8, 4) is 33.4 Å². The first-order chi connectivity index (χ1) is 33.2. The number of hydrogen-bond acceptors (Lipinski definition) is 13. The number of carbonyl (C=O) groups excluding carboxylic acids is 4. The number of aromatic nitrogens is 3. The summed E-state index contributed by atoms with van der Waals surface area (Å²) in [7, 11) is 0. The lowest BCUT2D eigenvalue weighted by molar-refractivity contribution is -0.164. The van der Waals surface area contributed by atoms with Gasteiger partial charge in [-0.3, -0.25) is 24.2 Å². The van der Waals surface area contributed by atoms with Gasteiger partial charge in [-0.2, -0.15) is 5.26 Å². The Morgan fingerprint density at radius 2 is 1.66 bits per heavy atom. The van der Waals surface area contributed by atoms with Crippen molar-refractivity contribution in [1.29, 1.82) is 5.26 Å². The lowest BCUT2D eigenvalue weighted by Crippen LogP contribution is -2.74. The third kappa shape index (κ3) is 11.6. The van der Waals surface area contributed by atoms with Gasteiger partial charge in [-0.1, -0.05) is 78.3 Å². The Morgan fingerprint density at radius 1 is 0.957 bits per heavy atom. The highest BCUT2D eigenvalue weighted by Crippen LogP contribution is 2.55. The normalized spacial score (nSPS) is 19.5. The average Bonchev–Trinajstić information content (AvgIpc) is 3.95. The number of aliphatic hydroxyl groups is 1. The molecule has 0 bridgehead atoms. The van der Waals surface area contributed by atoms with E-state index in [0.717, 1.165) is 27.3 Å². The number of benzene rings is 2. The van der Waals surface area contributed by atoms with Gasteiger partial charge in [-0.15, -0.1) is 11.3 Å². The smallest absolute Gasteiger partial charge is 0.251 e. The maximum Gasteiger partial charge on any atom is 0.251 e. The number of halogens is 1. The number of anilines is 1. The quantitative estimate of drug-likeness (QED) is 0.0598. The summed E-state index contributed by atoms with van der Waals surface area (Å²) < 4.78 is 12.0. The molecule has 1 saturated carbocycles. The second-order valence-electron chi connectivity index (χ2n) is 20.1. The Labute approximate surface area is 417 Å². The molecule has 70 heavy (non-hydrogen) atoms. The van der Waals surface area contributed by atoms with E-state index in [1.54, 1.807) is 48.2 Å². The molecule has 1 aliphatic carbocycles. The van der Waals surface area contributed by atoms with Gasteiger partial charge in [0.25, 0.3) is 5.91 Å². The van der Waals surface area contributed by atoms with E-state index < -0.39 is 52.2 Å². The van der Waals surface area contributed by atoms with E-state index in [1.807, 2.05) is 64.1 Å². The summed E-state index contributed by atoms with van der Waals surface area (Å²) in [6.07, 6.45) is 2.41. The van der Waals surface area contributed by atoms with E-state index in [9.17, 15) is 29.5 Å². The first kappa shape index (κ1) is 51.4. The number of likely N-dealkylation sites (tertiary alicyclic amines) is 1. The monoisotopic (exact) mass is 989 g/mol. The fourth-order valence-electron chi connectivity index (χ4n) is 9.57. The number of rotatable bonds is 17. The van der Waals surface area contributed by atoms with E-state index in [-0.39, 0.29) is 50.8 Å². The van der Waals surface area contributed by atoms with Crippen LogP contribution in [-0.2, 0) is 25.7 Å². The molecule has 2 aliphatic rings. The molecule has 4 amide bonds. The topological polar surface area (TPSA) is 221 Å². The zero-order valence-corrected chi connectivity index (χ0v) is 42.2. The maximum atomic E-state index is 14.0. The van der Waals surface area contributed by atoms with Crippen molar-refractivity contribution in [1.82, 2.24) is 35.8 Å². The standard InChI is InChI=1S/C52H60ClN9O7S/c1-30-43(70-29-59-30)35-13-16-36(56-25-35)26-58-46(66)40-21-37(63)27-62(40)47(67)44(50(2,3)4)60-42(64)28-68-20-19-55-41-18-15-34(24-57-41)31-9-11-32(12-10-31)45(65)61-48-51(5,6)49(52(48,7)8)69-38-17-14-33(23-54)39(53)22-38/h9-18,22,24-25,29,37,40,44,48-49,63H,19-21,26-28H2,1-8H3,(H,55,57)(H,58,66)(H,60,64)(H,61,65)/t37-,40+,44-,48-,49-/m1/s1. The number of β-amino-alcohol motifs (C(OH)–C–C–N with tert-alkyl or cyclic N) is 1. The summed E-state index contributed by atoms with van der Waals surface area (Å²) in [5.41, 5.74) is 5.39. The van der Waals surface area contributed by atoms with Crippen LogP contribution in [0.3, 0.4) is 0 Å². The first-order valence-corrected chi connectivity index (χ1v) is 24.4. The molecular weight excluding hydrogens is 930 g/mol. The summed E-state index contributed by atoms with van der Waals surface area (Å²) in [6.45, 7) is 16.0. The fourth-order valence-corrected chi connectivity index (χ4v) is 10.6. The molecule has 0 radical (unpaired) electrons. The predicted octanol–water partition coefficient (Wildman–Crippen LogP) is 6.95. The van der Waals surface area contributed by atoms with Gasteiger partial charge in [-0.25, -0.2) is 9.97 Å². The average molecular weight is 991 g/mol. The van der Waals surface area contributed by atoms with Crippen molar-refractivity contribution < 1.29 is 33.8 Å². The molecular formula is C52H60ClN9O7S. The molecule has 3 aromatic heterocycles.